The van der Waals surface area contributed by atoms with E-state index in [1.807, 2.05) is 31.2 Å². The van der Waals surface area contributed by atoms with Gasteiger partial charge in [0.2, 0.25) is 5.89 Å². The average molecular weight is 354 g/mol. The first-order valence-corrected chi connectivity index (χ1v) is 7.77. The largest absolute Gasteiger partial charge is 0.403 e. The number of carbonyl (C=O) groups excluding carboxylic acids is 1. The number of amides is 1. The van der Waals surface area contributed by atoms with E-state index in [0.29, 0.717) is 14.6 Å². The van der Waals surface area contributed by atoms with Gasteiger partial charge in [-0.05, 0) is 25.1 Å². The van der Waals surface area contributed by atoms with Gasteiger partial charge in [0.05, 0.1) is 9.90 Å². The van der Waals surface area contributed by atoms with Crippen molar-refractivity contribution in [3.63, 3.8) is 0 Å². The molecule has 1 N–H and O–H groups in total. The van der Waals surface area contributed by atoms with Gasteiger partial charge in [0, 0.05) is 5.56 Å². The average Bonchev–Trinajstić information content (AvgIpc) is 3.05. The zero-order valence-electron chi connectivity index (χ0n) is 11.3. The highest BCUT2D eigenvalue weighted by atomic mass is 35.5. The molecular formula is C14H9Cl2N3O2S. The maximum absolute atomic E-state index is 12.1. The van der Waals surface area contributed by atoms with Gasteiger partial charge in [-0.15, -0.1) is 16.4 Å². The van der Waals surface area contributed by atoms with Crippen LogP contribution in [-0.4, -0.2) is 16.1 Å². The van der Waals surface area contributed by atoms with Crippen LogP contribution in [0.2, 0.25) is 8.67 Å². The summed E-state index contributed by atoms with van der Waals surface area (Å²) in [6.07, 6.45) is 0. The molecule has 3 rings (SSSR count). The molecule has 0 aliphatic heterocycles. The molecule has 1 aromatic carbocycles. The van der Waals surface area contributed by atoms with Crippen LogP contribution < -0.4 is 5.32 Å². The van der Waals surface area contributed by atoms with E-state index in [4.69, 9.17) is 27.6 Å². The molecule has 0 radical (unpaired) electrons. The molecule has 0 saturated carbocycles. The second-order valence-corrected chi connectivity index (χ2v) is 6.76. The number of rotatable bonds is 3. The van der Waals surface area contributed by atoms with Crippen LogP contribution in [0.3, 0.4) is 0 Å². The summed E-state index contributed by atoms with van der Waals surface area (Å²) in [5, 5.41) is 10.2. The maximum Gasteiger partial charge on any atom is 0.322 e. The summed E-state index contributed by atoms with van der Waals surface area (Å²) in [6, 6.07) is 9.10. The minimum absolute atomic E-state index is 0.0000970. The smallest absolute Gasteiger partial charge is 0.322 e. The predicted octanol–water partition coefficient (Wildman–Crippen LogP) is 4.67. The van der Waals surface area contributed by atoms with Crippen molar-refractivity contribution in [3.8, 4) is 11.5 Å². The van der Waals surface area contributed by atoms with Crippen LogP contribution >= 0.6 is 34.5 Å². The zero-order chi connectivity index (χ0) is 15.7. The molecule has 0 unspecified atom stereocenters. The third kappa shape index (κ3) is 3.14. The Morgan fingerprint density at radius 2 is 2.09 bits per heavy atom. The number of anilines is 1. The van der Waals surface area contributed by atoms with Gasteiger partial charge < -0.3 is 4.42 Å². The highest BCUT2D eigenvalue weighted by Gasteiger charge is 2.17. The Labute approximate surface area is 139 Å². The molecule has 0 saturated heterocycles. The summed E-state index contributed by atoms with van der Waals surface area (Å²) in [7, 11) is 0. The van der Waals surface area contributed by atoms with Crippen molar-refractivity contribution < 1.29 is 9.21 Å². The molecule has 0 spiro atoms. The third-order valence-electron chi connectivity index (χ3n) is 2.81. The van der Waals surface area contributed by atoms with E-state index in [0.717, 1.165) is 22.5 Å². The summed E-state index contributed by atoms with van der Waals surface area (Å²) < 4.78 is 6.17. The Morgan fingerprint density at radius 1 is 1.27 bits per heavy atom. The fraction of sp³-hybridized carbons (Fsp3) is 0.0714. The molecule has 3 aromatic rings. The first kappa shape index (κ1) is 15.0. The van der Waals surface area contributed by atoms with Gasteiger partial charge in [0.15, 0.2) is 0 Å². The van der Waals surface area contributed by atoms with Crippen molar-refractivity contribution in [3.05, 3.63) is 50.1 Å². The number of thiophene rings is 1. The van der Waals surface area contributed by atoms with Crippen LogP contribution in [0, 0.1) is 6.92 Å². The third-order valence-corrected chi connectivity index (χ3v) is 4.30. The molecule has 112 valence electrons. The fourth-order valence-electron chi connectivity index (χ4n) is 1.83. The molecule has 2 aromatic heterocycles. The van der Waals surface area contributed by atoms with Gasteiger partial charge in [0.1, 0.15) is 4.34 Å². The van der Waals surface area contributed by atoms with Crippen LogP contribution in [0.25, 0.3) is 11.5 Å². The number of nitrogens with one attached hydrogen (secondary N) is 1. The van der Waals surface area contributed by atoms with Crippen molar-refractivity contribution in [2.24, 2.45) is 0 Å². The van der Waals surface area contributed by atoms with E-state index < -0.39 is 5.91 Å². The van der Waals surface area contributed by atoms with E-state index in [1.165, 1.54) is 6.07 Å². The van der Waals surface area contributed by atoms with Crippen LogP contribution in [0.5, 0.6) is 0 Å². The second kappa shape index (κ2) is 6.08. The zero-order valence-corrected chi connectivity index (χ0v) is 13.6. The highest BCUT2D eigenvalue weighted by molar-refractivity contribution is 7.20. The number of aromatic nitrogens is 2. The summed E-state index contributed by atoms with van der Waals surface area (Å²) in [5.41, 5.74) is 2.12. The van der Waals surface area contributed by atoms with Crippen LogP contribution in [-0.2, 0) is 0 Å². The molecular weight excluding hydrogens is 345 g/mol. The van der Waals surface area contributed by atoms with Crippen LogP contribution in [0.15, 0.2) is 34.7 Å². The molecule has 0 fully saturated rings. The SMILES string of the molecule is Cc1cccc(-c2nnc(NC(=O)c3cc(Cl)sc3Cl)o2)c1. The highest BCUT2D eigenvalue weighted by Crippen LogP contribution is 2.31. The standard InChI is InChI=1S/C14H9Cl2N3O2S/c1-7-3-2-4-8(5-7)13-18-19-14(21-13)17-12(20)9-6-10(15)22-11(9)16/h2-6H,1H3,(H,17,19,20). The Morgan fingerprint density at radius 3 is 2.77 bits per heavy atom. The fourth-order valence-corrected chi connectivity index (χ4v) is 3.29. The van der Waals surface area contributed by atoms with E-state index in [2.05, 4.69) is 15.5 Å². The first-order chi connectivity index (χ1) is 10.5. The molecule has 1 amide bonds. The van der Waals surface area contributed by atoms with Crippen molar-refractivity contribution in [1.29, 1.82) is 0 Å². The Bertz CT molecular complexity index is 844. The molecule has 2 heterocycles. The van der Waals surface area contributed by atoms with Gasteiger partial charge in [-0.25, -0.2) is 0 Å². The minimum atomic E-state index is -0.451. The van der Waals surface area contributed by atoms with E-state index >= 15 is 0 Å². The van der Waals surface area contributed by atoms with Crippen molar-refractivity contribution in [2.75, 3.05) is 5.32 Å². The number of nitrogens with zero attached hydrogens (tertiary/aromatic N) is 2. The Hall–Kier alpha value is -1.89. The number of carbonyl (C=O) groups is 1. The normalized spacial score (nSPS) is 10.7. The number of hydrogen-bond acceptors (Lipinski definition) is 5. The van der Waals surface area contributed by atoms with Crippen LogP contribution in [0.1, 0.15) is 15.9 Å². The van der Waals surface area contributed by atoms with E-state index in [9.17, 15) is 4.79 Å². The first-order valence-electron chi connectivity index (χ1n) is 6.19. The Kier molecular flexibility index (Phi) is 4.15. The summed E-state index contributed by atoms with van der Waals surface area (Å²) >= 11 is 12.9. The number of hydrogen-bond donors (Lipinski definition) is 1. The lowest BCUT2D eigenvalue weighted by Gasteiger charge is -1.98. The molecule has 0 aliphatic rings. The number of aryl methyl sites for hydroxylation is 1. The molecule has 5 nitrogen and oxygen atoms in total. The molecule has 0 aliphatic carbocycles. The molecule has 8 heteroatoms. The van der Waals surface area contributed by atoms with Crippen molar-refractivity contribution in [1.82, 2.24) is 10.2 Å². The maximum atomic E-state index is 12.1. The summed E-state index contributed by atoms with van der Waals surface area (Å²) in [6.45, 7) is 1.96. The summed E-state index contributed by atoms with van der Waals surface area (Å²) in [5.74, 6) is -0.124. The van der Waals surface area contributed by atoms with Gasteiger partial charge in [-0.3, -0.25) is 10.1 Å². The quantitative estimate of drug-likeness (QED) is 0.742. The monoisotopic (exact) mass is 353 g/mol. The number of halogens is 2. The van der Waals surface area contributed by atoms with E-state index in [-0.39, 0.29) is 11.6 Å². The van der Waals surface area contributed by atoms with Gasteiger partial charge in [-0.2, -0.15) is 0 Å². The lowest BCUT2D eigenvalue weighted by atomic mass is 10.1. The number of benzene rings is 1. The molecule has 0 atom stereocenters. The van der Waals surface area contributed by atoms with E-state index in [1.54, 1.807) is 0 Å². The predicted molar refractivity (Wildman–Crippen MR) is 86.8 cm³/mol. The van der Waals surface area contributed by atoms with Crippen LogP contribution in [0.4, 0.5) is 6.01 Å². The van der Waals surface area contributed by atoms with Gasteiger partial charge in [0.25, 0.3) is 5.91 Å². The topological polar surface area (TPSA) is 68.0 Å². The van der Waals surface area contributed by atoms with Gasteiger partial charge in [-0.1, -0.05) is 46.0 Å². The van der Waals surface area contributed by atoms with Gasteiger partial charge >= 0.3 is 6.01 Å². The lowest BCUT2D eigenvalue weighted by molar-refractivity contribution is 0.102. The Balaban J connectivity index is 1.80. The minimum Gasteiger partial charge on any atom is -0.403 e. The summed E-state index contributed by atoms with van der Waals surface area (Å²) in [4.78, 5) is 12.1. The lowest BCUT2D eigenvalue weighted by Crippen LogP contribution is -2.11. The molecule has 22 heavy (non-hydrogen) atoms. The van der Waals surface area contributed by atoms with Crippen molar-refractivity contribution in [2.45, 2.75) is 6.92 Å². The second-order valence-electron chi connectivity index (χ2n) is 4.47. The van der Waals surface area contributed by atoms with Crippen molar-refractivity contribution >= 4 is 46.5 Å². The molecule has 0 bridgehead atoms.